The van der Waals surface area contributed by atoms with Crippen molar-refractivity contribution in [1.29, 1.82) is 0 Å². The Morgan fingerprint density at radius 1 is 1.12 bits per heavy atom. The van der Waals surface area contributed by atoms with Crippen LogP contribution < -0.4 is 10.9 Å². The molecule has 0 amide bonds. The summed E-state index contributed by atoms with van der Waals surface area (Å²) in [6.45, 7) is 4.40. The minimum Gasteiger partial charge on any atom is -0.379 e. The number of aryl methyl sites for hydroxylation is 2. The summed E-state index contributed by atoms with van der Waals surface area (Å²) in [5.41, 5.74) is 5.16. The first-order valence-corrected chi connectivity index (χ1v) is 8.17. The Bertz CT molecular complexity index is 1130. The summed E-state index contributed by atoms with van der Waals surface area (Å²) in [6.07, 6.45) is 3.35. The highest BCUT2D eigenvalue weighted by Gasteiger charge is 2.06. The average molecular weight is 347 g/mol. The molecule has 0 saturated heterocycles. The van der Waals surface area contributed by atoms with Crippen molar-refractivity contribution < 1.29 is 0 Å². The van der Waals surface area contributed by atoms with Gasteiger partial charge in [-0.2, -0.15) is 0 Å². The lowest BCUT2D eigenvalue weighted by atomic mass is 10.1. The largest absolute Gasteiger partial charge is 0.379 e. The number of nitrogens with zero attached hydrogens (tertiary/aromatic N) is 6. The molecule has 1 aromatic carbocycles. The first-order valence-electron chi connectivity index (χ1n) is 8.17. The molecule has 0 unspecified atom stereocenters. The van der Waals surface area contributed by atoms with Gasteiger partial charge in [-0.05, 0) is 59.7 Å². The predicted molar refractivity (Wildman–Crippen MR) is 97.4 cm³/mol. The maximum atomic E-state index is 12.3. The summed E-state index contributed by atoms with van der Waals surface area (Å²) in [7, 11) is 0. The minimum atomic E-state index is -0.0827. The Balaban J connectivity index is 1.56. The fourth-order valence-electron chi connectivity index (χ4n) is 2.84. The fraction of sp³-hybridized carbons (Fsp3) is 0.167. The van der Waals surface area contributed by atoms with Crippen LogP contribution in [0.1, 0.15) is 16.8 Å². The van der Waals surface area contributed by atoms with Gasteiger partial charge in [0.2, 0.25) is 0 Å². The summed E-state index contributed by atoms with van der Waals surface area (Å²) in [4.78, 5) is 16.8. The zero-order valence-electron chi connectivity index (χ0n) is 14.4. The van der Waals surface area contributed by atoms with Crippen LogP contribution in [-0.4, -0.2) is 29.6 Å². The van der Waals surface area contributed by atoms with Crippen molar-refractivity contribution in [3.05, 3.63) is 76.1 Å². The van der Waals surface area contributed by atoms with Gasteiger partial charge < -0.3 is 5.32 Å². The molecule has 3 aromatic heterocycles. The molecule has 0 spiro atoms. The molecule has 26 heavy (non-hydrogen) atoms. The van der Waals surface area contributed by atoms with E-state index in [4.69, 9.17) is 0 Å². The fourth-order valence-corrected chi connectivity index (χ4v) is 2.84. The van der Waals surface area contributed by atoms with E-state index in [1.54, 1.807) is 27.7 Å². The van der Waals surface area contributed by atoms with Gasteiger partial charge in [-0.3, -0.25) is 9.20 Å². The Kier molecular flexibility index (Phi) is 3.92. The third kappa shape index (κ3) is 3.04. The number of benzene rings is 1. The third-order valence-corrected chi connectivity index (χ3v) is 4.13. The Hall–Kier alpha value is -3.55. The molecule has 0 atom stereocenters. The molecule has 4 rings (SSSR count). The molecule has 130 valence electrons. The highest BCUT2D eigenvalue weighted by atomic mass is 16.1. The lowest BCUT2D eigenvalue weighted by Gasteiger charge is -2.10. The standard InChI is InChI=1S/C18H17N7O/c1-12-3-6-17-21-15(8-18(26)24(17)10-12)9-19-14-4-5-16(13(2)7-14)25-11-20-22-23-25/h3-8,10-11,19H,9H2,1-2H3. The van der Waals surface area contributed by atoms with E-state index in [2.05, 4.69) is 25.8 Å². The molecule has 0 aliphatic carbocycles. The van der Waals surface area contributed by atoms with Crippen molar-refractivity contribution in [2.24, 2.45) is 0 Å². The van der Waals surface area contributed by atoms with Crippen LogP contribution >= 0.6 is 0 Å². The van der Waals surface area contributed by atoms with E-state index < -0.39 is 0 Å². The van der Waals surface area contributed by atoms with Crippen LogP contribution in [0.15, 0.2) is 53.7 Å². The summed E-state index contributed by atoms with van der Waals surface area (Å²) in [5.74, 6) is 0. The van der Waals surface area contributed by atoms with E-state index >= 15 is 0 Å². The summed E-state index contributed by atoms with van der Waals surface area (Å²) in [6, 6.07) is 11.3. The van der Waals surface area contributed by atoms with E-state index in [-0.39, 0.29) is 5.56 Å². The Morgan fingerprint density at radius 2 is 2.00 bits per heavy atom. The average Bonchev–Trinajstić information content (AvgIpc) is 3.15. The molecule has 3 heterocycles. The van der Waals surface area contributed by atoms with Crippen LogP contribution in [0.4, 0.5) is 5.69 Å². The number of nitrogens with one attached hydrogen (secondary N) is 1. The first kappa shape index (κ1) is 15.9. The van der Waals surface area contributed by atoms with Crippen molar-refractivity contribution in [1.82, 2.24) is 29.6 Å². The highest BCUT2D eigenvalue weighted by Crippen LogP contribution is 2.18. The van der Waals surface area contributed by atoms with E-state index in [1.807, 2.05) is 44.2 Å². The zero-order chi connectivity index (χ0) is 18.1. The monoisotopic (exact) mass is 347 g/mol. The summed E-state index contributed by atoms with van der Waals surface area (Å²) < 4.78 is 3.18. The second-order valence-electron chi connectivity index (χ2n) is 6.13. The zero-order valence-corrected chi connectivity index (χ0v) is 14.4. The molecule has 8 heteroatoms. The van der Waals surface area contributed by atoms with E-state index in [9.17, 15) is 4.79 Å². The Morgan fingerprint density at radius 3 is 2.77 bits per heavy atom. The van der Waals surface area contributed by atoms with Gasteiger partial charge in [-0.15, -0.1) is 5.10 Å². The molecule has 0 bridgehead atoms. The molecular weight excluding hydrogens is 330 g/mol. The number of fused-ring (bicyclic) bond motifs is 1. The summed E-state index contributed by atoms with van der Waals surface area (Å²) in [5, 5.41) is 14.5. The van der Waals surface area contributed by atoms with Gasteiger partial charge in [0.1, 0.15) is 12.0 Å². The predicted octanol–water partition coefficient (Wildman–Crippen LogP) is 1.90. The lowest BCUT2D eigenvalue weighted by molar-refractivity contribution is 0.785. The van der Waals surface area contributed by atoms with Crippen LogP contribution in [0, 0.1) is 13.8 Å². The van der Waals surface area contributed by atoms with E-state index in [0.717, 1.165) is 22.5 Å². The quantitative estimate of drug-likeness (QED) is 0.606. The number of aromatic nitrogens is 6. The van der Waals surface area contributed by atoms with Gasteiger partial charge in [-0.25, -0.2) is 9.67 Å². The minimum absolute atomic E-state index is 0.0827. The number of tetrazole rings is 1. The second kappa shape index (κ2) is 6.40. The number of hydrogen-bond acceptors (Lipinski definition) is 6. The van der Waals surface area contributed by atoms with Crippen molar-refractivity contribution >= 4 is 11.3 Å². The van der Waals surface area contributed by atoms with Gasteiger partial charge in [0.25, 0.3) is 5.56 Å². The number of pyridine rings is 1. The molecule has 0 aliphatic heterocycles. The van der Waals surface area contributed by atoms with E-state index in [1.165, 1.54) is 0 Å². The maximum Gasteiger partial charge on any atom is 0.258 e. The number of rotatable bonds is 4. The van der Waals surface area contributed by atoms with Crippen molar-refractivity contribution in [3.63, 3.8) is 0 Å². The van der Waals surface area contributed by atoms with Crippen molar-refractivity contribution in [3.8, 4) is 5.69 Å². The Labute approximate surface area is 149 Å². The third-order valence-electron chi connectivity index (χ3n) is 4.13. The van der Waals surface area contributed by atoms with E-state index in [0.29, 0.717) is 17.9 Å². The maximum absolute atomic E-state index is 12.3. The SMILES string of the molecule is Cc1ccc2nc(CNc3ccc(-n4cnnn4)c(C)c3)cc(=O)n2c1. The molecule has 4 aromatic rings. The van der Waals surface area contributed by atoms with Gasteiger partial charge in [0, 0.05) is 18.0 Å². The first-order chi connectivity index (χ1) is 12.6. The normalized spacial score (nSPS) is 11.0. The van der Waals surface area contributed by atoms with Gasteiger partial charge in [-0.1, -0.05) is 6.07 Å². The van der Waals surface area contributed by atoms with Gasteiger partial charge >= 0.3 is 0 Å². The summed E-state index contributed by atoms with van der Waals surface area (Å²) >= 11 is 0. The molecule has 8 nitrogen and oxygen atoms in total. The number of anilines is 1. The molecule has 0 aliphatic rings. The van der Waals surface area contributed by atoms with Crippen molar-refractivity contribution in [2.45, 2.75) is 20.4 Å². The lowest BCUT2D eigenvalue weighted by Crippen LogP contribution is -2.17. The van der Waals surface area contributed by atoms with Gasteiger partial charge in [0.05, 0.1) is 17.9 Å². The molecule has 0 saturated carbocycles. The van der Waals surface area contributed by atoms with Crippen molar-refractivity contribution in [2.75, 3.05) is 5.32 Å². The van der Waals surface area contributed by atoms with Crippen LogP contribution in [0.25, 0.3) is 11.3 Å². The smallest absolute Gasteiger partial charge is 0.258 e. The topological polar surface area (TPSA) is 90.0 Å². The van der Waals surface area contributed by atoms with Crippen LogP contribution in [0.5, 0.6) is 0 Å². The molecule has 0 fully saturated rings. The second-order valence-corrected chi connectivity index (χ2v) is 6.13. The van der Waals surface area contributed by atoms with Gasteiger partial charge in [0.15, 0.2) is 0 Å². The van der Waals surface area contributed by atoms with Crippen LogP contribution in [0.2, 0.25) is 0 Å². The molecular formula is C18H17N7O. The highest BCUT2D eigenvalue weighted by molar-refractivity contribution is 5.53. The number of hydrogen-bond donors (Lipinski definition) is 1. The van der Waals surface area contributed by atoms with Crippen LogP contribution in [0.3, 0.4) is 0 Å². The molecule has 0 radical (unpaired) electrons. The molecule has 1 N–H and O–H groups in total. The van der Waals surface area contributed by atoms with Crippen LogP contribution in [-0.2, 0) is 6.54 Å².